The molecule has 0 spiro atoms. The number of aliphatic imine (C=N–C) groups is 1. The summed E-state index contributed by atoms with van der Waals surface area (Å²) in [4.78, 5) is 7.26. The molecule has 1 saturated carbocycles. The highest BCUT2D eigenvalue weighted by atomic mass is 15.3. The number of hydrogen-bond acceptors (Lipinski definition) is 3. The van der Waals surface area contributed by atoms with Crippen molar-refractivity contribution < 1.29 is 0 Å². The normalized spacial score (nSPS) is 21.4. The van der Waals surface area contributed by atoms with E-state index in [0.29, 0.717) is 11.5 Å². The molecule has 140 valence electrons. The number of nitrogens with zero attached hydrogens (tertiary/aromatic N) is 2. The Hall–Kier alpha value is -1.78. The molecule has 0 aromatic heterocycles. The van der Waals surface area contributed by atoms with Crippen LogP contribution in [0.5, 0.6) is 0 Å². The molecule has 1 heterocycles. The molecule has 1 aliphatic heterocycles. The second-order valence-electron chi connectivity index (χ2n) is 7.31. The first-order valence-corrected chi connectivity index (χ1v) is 9.82. The van der Waals surface area contributed by atoms with Gasteiger partial charge < -0.3 is 20.9 Å². The molecule has 2 rings (SSSR count). The number of guanidine groups is 1. The van der Waals surface area contributed by atoms with Gasteiger partial charge in [-0.3, -0.25) is 0 Å². The molecule has 0 atom stereocenters. The fraction of sp³-hybridized carbons (Fsp3) is 0.700. The van der Waals surface area contributed by atoms with Crippen LogP contribution in [0.2, 0.25) is 0 Å². The molecule has 1 saturated heterocycles. The molecule has 5 heteroatoms. The average Bonchev–Trinajstić information content (AvgIpc) is 3.03. The first kappa shape index (κ1) is 19.5. The van der Waals surface area contributed by atoms with Gasteiger partial charge in [0.15, 0.2) is 0 Å². The second-order valence-corrected chi connectivity index (χ2v) is 7.31. The van der Waals surface area contributed by atoms with Gasteiger partial charge in [-0.25, -0.2) is 0 Å². The Morgan fingerprint density at radius 2 is 2.04 bits per heavy atom. The van der Waals surface area contributed by atoms with E-state index in [0.717, 1.165) is 36.9 Å². The third kappa shape index (κ3) is 4.65. The van der Waals surface area contributed by atoms with Gasteiger partial charge >= 0.3 is 0 Å². The zero-order chi connectivity index (χ0) is 18.3. The summed E-state index contributed by atoms with van der Waals surface area (Å²) in [5.74, 6) is 1.70. The minimum Gasteiger partial charge on any atom is -0.367 e. The van der Waals surface area contributed by atoms with Crippen LogP contribution in [0.15, 0.2) is 29.2 Å². The van der Waals surface area contributed by atoms with Gasteiger partial charge in [-0.2, -0.15) is 4.99 Å². The molecule has 0 unspecified atom stereocenters. The quantitative estimate of drug-likeness (QED) is 0.460. The summed E-state index contributed by atoms with van der Waals surface area (Å²) in [6, 6.07) is 0.495. The van der Waals surface area contributed by atoms with Crippen LogP contribution in [0.3, 0.4) is 0 Å². The van der Waals surface area contributed by atoms with E-state index in [-0.39, 0.29) is 0 Å². The highest BCUT2D eigenvalue weighted by molar-refractivity contribution is 5.84. The monoisotopic (exact) mass is 345 g/mol. The van der Waals surface area contributed by atoms with Crippen LogP contribution in [0, 0.1) is 10.8 Å². The number of nitrogens with one attached hydrogen (secondary N) is 3. The Morgan fingerprint density at radius 1 is 1.32 bits per heavy atom. The van der Waals surface area contributed by atoms with E-state index < -0.39 is 0 Å². The van der Waals surface area contributed by atoms with E-state index in [4.69, 9.17) is 10.4 Å². The molecule has 2 aliphatic rings. The van der Waals surface area contributed by atoms with E-state index >= 15 is 0 Å². The molecule has 0 aromatic rings. The van der Waals surface area contributed by atoms with Crippen molar-refractivity contribution in [2.75, 3.05) is 13.1 Å². The summed E-state index contributed by atoms with van der Waals surface area (Å²) in [6.45, 7) is 12.5. The molecule has 0 amide bonds. The smallest absolute Gasteiger partial charge is 0.204 e. The van der Waals surface area contributed by atoms with E-state index in [9.17, 15) is 0 Å². The number of rotatable bonds is 8. The number of hydrogen-bond donors (Lipinski definition) is 3. The molecule has 3 N–H and O–H groups in total. The van der Waals surface area contributed by atoms with Gasteiger partial charge in [-0.05, 0) is 56.6 Å². The molecule has 0 radical (unpaired) electrons. The Balaban J connectivity index is 2.26. The zero-order valence-corrected chi connectivity index (χ0v) is 16.2. The Bertz CT molecular complexity index is 526. The van der Waals surface area contributed by atoms with Crippen LogP contribution in [-0.4, -0.2) is 36.2 Å². The average molecular weight is 346 g/mol. The molecule has 2 fully saturated rings. The second kappa shape index (κ2) is 9.07. The third-order valence-corrected chi connectivity index (χ3v) is 5.99. The molecular weight excluding hydrogens is 310 g/mol. The van der Waals surface area contributed by atoms with Gasteiger partial charge in [-0.15, -0.1) is 0 Å². The summed E-state index contributed by atoms with van der Waals surface area (Å²) in [5.41, 5.74) is 1.34. The lowest BCUT2D eigenvalue weighted by atomic mass is 9.82. The molecule has 1 aliphatic carbocycles. The summed E-state index contributed by atoms with van der Waals surface area (Å²) >= 11 is 0. The van der Waals surface area contributed by atoms with Crippen molar-refractivity contribution in [1.82, 2.24) is 15.5 Å². The van der Waals surface area contributed by atoms with Crippen LogP contribution in [0.1, 0.15) is 65.7 Å². The van der Waals surface area contributed by atoms with Gasteiger partial charge in [0.1, 0.15) is 5.82 Å². The Labute approximate surface area is 153 Å². The van der Waals surface area contributed by atoms with Crippen LogP contribution < -0.4 is 10.6 Å². The minimum atomic E-state index is 0.393. The van der Waals surface area contributed by atoms with Crippen molar-refractivity contribution in [1.29, 1.82) is 5.41 Å². The Kier molecular flexibility index (Phi) is 7.09. The van der Waals surface area contributed by atoms with Crippen molar-refractivity contribution in [2.45, 2.75) is 71.8 Å². The van der Waals surface area contributed by atoms with Gasteiger partial charge in [0.25, 0.3) is 0 Å². The lowest BCUT2D eigenvalue weighted by molar-refractivity contribution is 0.276. The number of likely N-dealkylation sites (tertiary alicyclic amines) is 1. The van der Waals surface area contributed by atoms with Crippen LogP contribution in [0.4, 0.5) is 0 Å². The topological polar surface area (TPSA) is 63.5 Å². The van der Waals surface area contributed by atoms with Crippen LogP contribution in [0.25, 0.3) is 0 Å². The van der Waals surface area contributed by atoms with E-state index in [2.05, 4.69) is 42.9 Å². The van der Waals surface area contributed by atoms with E-state index in [1.165, 1.54) is 44.7 Å². The highest BCUT2D eigenvalue weighted by Crippen LogP contribution is 2.37. The van der Waals surface area contributed by atoms with Crippen molar-refractivity contribution in [2.24, 2.45) is 10.4 Å². The van der Waals surface area contributed by atoms with E-state index in [1.54, 1.807) is 6.20 Å². The Morgan fingerprint density at radius 3 is 2.48 bits per heavy atom. The van der Waals surface area contributed by atoms with Crippen molar-refractivity contribution in [3.8, 4) is 0 Å². The van der Waals surface area contributed by atoms with Crippen molar-refractivity contribution in [3.63, 3.8) is 0 Å². The molecule has 25 heavy (non-hydrogen) atoms. The molecule has 5 nitrogen and oxygen atoms in total. The van der Waals surface area contributed by atoms with Gasteiger partial charge in [0, 0.05) is 30.9 Å². The SMILES string of the molecule is C=CN/C(=N\C(NC1CCC1)=C(\C=N)CC)N1CCC(CC)(CC)C1. The fourth-order valence-corrected chi connectivity index (χ4v) is 3.62. The molecular formula is C20H35N5. The summed E-state index contributed by atoms with van der Waals surface area (Å²) in [6.07, 6.45) is 11.2. The fourth-order valence-electron chi connectivity index (χ4n) is 3.62. The highest BCUT2D eigenvalue weighted by Gasteiger charge is 2.36. The first-order chi connectivity index (χ1) is 12.1. The third-order valence-electron chi connectivity index (χ3n) is 5.99. The summed E-state index contributed by atoms with van der Waals surface area (Å²) in [5, 5.41) is 14.5. The largest absolute Gasteiger partial charge is 0.367 e. The predicted molar refractivity (Wildman–Crippen MR) is 107 cm³/mol. The van der Waals surface area contributed by atoms with Gasteiger partial charge in [0.05, 0.1) is 0 Å². The van der Waals surface area contributed by atoms with Crippen LogP contribution in [-0.2, 0) is 0 Å². The van der Waals surface area contributed by atoms with Gasteiger partial charge in [-0.1, -0.05) is 27.4 Å². The van der Waals surface area contributed by atoms with Gasteiger partial charge in [0.2, 0.25) is 5.96 Å². The maximum Gasteiger partial charge on any atom is 0.204 e. The van der Waals surface area contributed by atoms with Crippen molar-refractivity contribution in [3.05, 3.63) is 24.2 Å². The van der Waals surface area contributed by atoms with Crippen molar-refractivity contribution >= 4 is 12.2 Å². The lowest BCUT2D eigenvalue weighted by Crippen LogP contribution is -2.41. The minimum absolute atomic E-state index is 0.393. The summed E-state index contributed by atoms with van der Waals surface area (Å²) in [7, 11) is 0. The lowest BCUT2D eigenvalue weighted by Gasteiger charge is -2.30. The van der Waals surface area contributed by atoms with E-state index in [1.807, 2.05) is 0 Å². The first-order valence-electron chi connectivity index (χ1n) is 9.82. The van der Waals surface area contributed by atoms with Crippen LogP contribution >= 0.6 is 0 Å². The maximum absolute atomic E-state index is 7.74. The molecule has 0 aromatic carbocycles. The summed E-state index contributed by atoms with van der Waals surface area (Å²) < 4.78 is 0. The predicted octanol–water partition coefficient (Wildman–Crippen LogP) is 4.00. The maximum atomic E-state index is 7.74. The number of allylic oxidation sites excluding steroid dienone is 1. The zero-order valence-electron chi connectivity index (χ0n) is 16.2. The standard InChI is InChI=1S/C20H35N5/c1-5-16(14-21)18(23-17-10-9-11-17)24-19(22-8-4)25-13-12-20(6-2,7-3)15-25/h8,14,17,21,23H,4-7,9-13,15H2,1-3H3,(H,22,24)/b18-16+,21-14?. The molecule has 0 bridgehead atoms.